The first-order chi connectivity index (χ1) is 9.65. The highest BCUT2D eigenvalue weighted by molar-refractivity contribution is 9.10. The third-order valence-electron chi connectivity index (χ3n) is 4.47. The normalized spacial score (nSPS) is 20.3. The van der Waals surface area contributed by atoms with E-state index in [4.69, 9.17) is 0 Å². The van der Waals surface area contributed by atoms with Crippen LogP contribution in [0.15, 0.2) is 28.7 Å². The maximum Gasteiger partial charge on any atom is 0.253 e. The average molecular weight is 337 g/mol. The van der Waals surface area contributed by atoms with Gasteiger partial charge in [0.2, 0.25) is 0 Å². The van der Waals surface area contributed by atoms with Gasteiger partial charge >= 0.3 is 0 Å². The van der Waals surface area contributed by atoms with E-state index in [1.165, 1.54) is 32.4 Å². The van der Waals surface area contributed by atoms with Gasteiger partial charge in [0, 0.05) is 29.7 Å². The summed E-state index contributed by atoms with van der Waals surface area (Å²) in [4.78, 5) is 17.0. The molecule has 0 bridgehead atoms. The Balaban J connectivity index is 1.69. The van der Waals surface area contributed by atoms with Gasteiger partial charge in [-0.15, -0.1) is 0 Å². The molecule has 1 atom stereocenters. The van der Waals surface area contributed by atoms with Gasteiger partial charge < -0.3 is 9.80 Å². The Bertz CT molecular complexity index is 480. The molecule has 108 valence electrons. The Morgan fingerprint density at radius 3 is 2.50 bits per heavy atom. The lowest BCUT2D eigenvalue weighted by Gasteiger charge is -2.38. The molecule has 0 spiro atoms. The van der Waals surface area contributed by atoms with Crippen LogP contribution in [0.2, 0.25) is 0 Å². The van der Waals surface area contributed by atoms with E-state index in [0.29, 0.717) is 12.0 Å². The fraction of sp³-hybridized carbons (Fsp3) is 0.562. The second-order valence-electron chi connectivity index (χ2n) is 5.98. The van der Waals surface area contributed by atoms with Crippen molar-refractivity contribution in [2.75, 3.05) is 26.7 Å². The number of rotatable bonds is 5. The maximum atomic E-state index is 12.6. The maximum absolute atomic E-state index is 12.6. The molecule has 1 unspecified atom stereocenters. The van der Waals surface area contributed by atoms with Gasteiger partial charge in [-0.1, -0.05) is 15.9 Å². The number of hydrogen-bond donors (Lipinski definition) is 0. The van der Waals surface area contributed by atoms with E-state index in [1.807, 2.05) is 36.2 Å². The minimum Gasteiger partial charge on any atom is -0.337 e. The third-order valence-corrected chi connectivity index (χ3v) is 5.00. The molecular weight excluding hydrogens is 316 g/mol. The molecule has 0 N–H and O–H groups in total. The zero-order valence-corrected chi connectivity index (χ0v) is 13.5. The van der Waals surface area contributed by atoms with E-state index in [9.17, 15) is 4.79 Å². The summed E-state index contributed by atoms with van der Waals surface area (Å²) >= 11 is 3.41. The fourth-order valence-electron chi connectivity index (χ4n) is 2.84. The number of carbonyl (C=O) groups is 1. The highest BCUT2D eigenvalue weighted by atomic mass is 79.9. The van der Waals surface area contributed by atoms with Crippen molar-refractivity contribution in [3.05, 3.63) is 34.3 Å². The minimum atomic E-state index is 0.148. The molecule has 1 amide bonds. The van der Waals surface area contributed by atoms with Crippen molar-refractivity contribution in [2.24, 2.45) is 5.92 Å². The van der Waals surface area contributed by atoms with Crippen molar-refractivity contribution in [1.29, 1.82) is 0 Å². The molecular formula is C16H21BrN2O. The van der Waals surface area contributed by atoms with E-state index < -0.39 is 0 Å². The Hall–Kier alpha value is -0.870. The van der Waals surface area contributed by atoms with Crippen LogP contribution in [0.25, 0.3) is 0 Å². The summed E-state index contributed by atoms with van der Waals surface area (Å²) in [6.45, 7) is 3.44. The lowest BCUT2D eigenvalue weighted by molar-refractivity contribution is 0.0607. The van der Waals surface area contributed by atoms with Crippen LogP contribution in [0.3, 0.4) is 0 Å². The van der Waals surface area contributed by atoms with Gasteiger partial charge in [0.15, 0.2) is 0 Å². The number of hydrogen-bond acceptors (Lipinski definition) is 2. The van der Waals surface area contributed by atoms with Crippen molar-refractivity contribution in [3.8, 4) is 0 Å². The van der Waals surface area contributed by atoms with Crippen LogP contribution < -0.4 is 0 Å². The van der Waals surface area contributed by atoms with Gasteiger partial charge in [-0.25, -0.2) is 0 Å². The Morgan fingerprint density at radius 2 is 2.00 bits per heavy atom. The number of likely N-dealkylation sites (tertiary alicyclic amines) is 1. The Kier molecular flexibility index (Phi) is 4.13. The van der Waals surface area contributed by atoms with Crippen LogP contribution in [0.5, 0.6) is 0 Å². The predicted octanol–water partition coefficient (Wildman–Crippen LogP) is 3.01. The first-order valence-corrected chi connectivity index (χ1v) is 8.19. The van der Waals surface area contributed by atoms with Crippen LogP contribution in [0.4, 0.5) is 0 Å². The van der Waals surface area contributed by atoms with Crippen molar-refractivity contribution in [1.82, 2.24) is 9.80 Å². The molecule has 2 aliphatic rings. The zero-order valence-electron chi connectivity index (χ0n) is 11.9. The molecule has 1 saturated carbocycles. The molecule has 1 aliphatic carbocycles. The Labute approximate surface area is 129 Å². The fourth-order valence-corrected chi connectivity index (χ4v) is 3.11. The summed E-state index contributed by atoms with van der Waals surface area (Å²) in [6.07, 6.45) is 3.86. The van der Waals surface area contributed by atoms with Crippen molar-refractivity contribution in [3.63, 3.8) is 0 Å². The van der Waals surface area contributed by atoms with Crippen molar-refractivity contribution in [2.45, 2.75) is 25.3 Å². The number of benzene rings is 1. The van der Waals surface area contributed by atoms with E-state index in [2.05, 4.69) is 20.8 Å². The number of likely N-dealkylation sites (N-methyl/N-ethyl adjacent to an activating group) is 1. The van der Waals surface area contributed by atoms with Crippen LogP contribution in [-0.4, -0.2) is 48.4 Å². The number of amides is 1. The summed E-state index contributed by atoms with van der Waals surface area (Å²) in [5, 5.41) is 0. The van der Waals surface area contributed by atoms with Crippen LogP contribution in [0.1, 0.15) is 29.6 Å². The molecule has 0 aromatic heterocycles. The summed E-state index contributed by atoms with van der Waals surface area (Å²) in [6, 6.07) is 8.05. The first kappa shape index (κ1) is 14.1. The quantitative estimate of drug-likeness (QED) is 0.825. The molecule has 20 heavy (non-hydrogen) atoms. The SMILES string of the molecule is CN(C(=O)c1ccc(Br)cc1)C(CN1CCC1)C1CC1. The van der Waals surface area contributed by atoms with Crippen LogP contribution in [-0.2, 0) is 0 Å². The lowest BCUT2D eigenvalue weighted by Crippen LogP contribution is -2.50. The second-order valence-corrected chi connectivity index (χ2v) is 6.90. The molecule has 0 radical (unpaired) electrons. The zero-order chi connectivity index (χ0) is 14.1. The molecule has 1 aliphatic heterocycles. The minimum absolute atomic E-state index is 0.148. The summed E-state index contributed by atoms with van der Waals surface area (Å²) in [5.41, 5.74) is 0.782. The highest BCUT2D eigenvalue weighted by Crippen LogP contribution is 2.36. The highest BCUT2D eigenvalue weighted by Gasteiger charge is 2.37. The summed E-state index contributed by atoms with van der Waals surface area (Å²) in [5.74, 6) is 0.856. The Morgan fingerprint density at radius 1 is 1.35 bits per heavy atom. The van der Waals surface area contributed by atoms with E-state index >= 15 is 0 Å². The van der Waals surface area contributed by atoms with Crippen molar-refractivity contribution < 1.29 is 4.79 Å². The molecule has 2 fully saturated rings. The largest absolute Gasteiger partial charge is 0.337 e. The topological polar surface area (TPSA) is 23.6 Å². The van der Waals surface area contributed by atoms with E-state index in [1.54, 1.807) is 0 Å². The molecule has 4 heteroatoms. The van der Waals surface area contributed by atoms with Crippen LogP contribution in [0, 0.1) is 5.92 Å². The first-order valence-electron chi connectivity index (χ1n) is 7.40. The van der Waals surface area contributed by atoms with Gasteiger partial charge in [0.1, 0.15) is 0 Å². The van der Waals surface area contributed by atoms with Gasteiger partial charge in [0.05, 0.1) is 0 Å². The average Bonchev–Trinajstić information content (AvgIpc) is 3.21. The summed E-state index contributed by atoms with van der Waals surface area (Å²) < 4.78 is 1.01. The third kappa shape index (κ3) is 3.07. The van der Waals surface area contributed by atoms with Gasteiger partial charge in [-0.05, 0) is 62.5 Å². The van der Waals surface area contributed by atoms with Gasteiger partial charge in [0.25, 0.3) is 5.91 Å². The van der Waals surface area contributed by atoms with E-state index in [-0.39, 0.29) is 5.91 Å². The summed E-state index contributed by atoms with van der Waals surface area (Å²) in [7, 11) is 1.97. The molecule has 3 nitrogen and oxygen atoms in total. The number of halogens is 1. The monoisotopic (exact) mass is 336 g/mol. The molecule has 1 heterocycles. The van der Waals surface area contributed by atoms with E-state index in [0.717, 1.165) is 16.6 Å². The van der Waals surface area contributed by atoms with Crippen molar-refractivity contribution >= 4 is 21.8 Å². The molecule has 3 rings (SSSR count). The number of nitrogens with zero attached hydrogens (tertiary/aromatic N) is 2. The van der Waals surface area contributed by atoms with Gasteiger partial charge in [-0.2, -0.15) is 0 Å². The second kappa shape index (κ2) is 5.86. The molecule has 1 aromatic carbocycles. The smallest absolute Gasteiger partial charge is 0.253 e. The van der Waals surface area contributed by atoms with Gasteiger partial charge in [-0.3, -0.25) is 4.79 Å². The lowest BCUT2D eigenvalue weighted by atomic mass is 10.1. The standard InChI is InChI=1S/C16H21BrN2O/c1-18(16(20)13-5-7-14(17)8-6-13)15(12-3-4-12)11-19-9-2-10-19/h5-8,12,15H,2-4,9-11H2,1H3. The number of carbonyl (C=O) groups excluding carboxylic acids is 1. The van der Waals surface area contributed by atoms with Crippen LogP contribution >= 0.6 is 15.9 Å². The molecule has 1 saturated heterocycles. The predicted molar refractivity (Wildman–Crippen MR) is 83.8 cm³/mol. The molecule has 1 aromatic rings.